The third-order valence-electron chi connectivity index (χ3n) is 3.36. The minimum absolute atomic E-state index is 0.161. The molecule has 7 heteroatoms. The van der Waals surface area contributed by atoms with Crippen LogP contribution in [0.15, 0.2) is 65.5 Å². The number of benzene rings is 1. The van der Waals surface area contributed by atoms with Crippen molar-refractivity contribution in [3.63, 3.8) is 0 Å². The second-order valence-electron chi connectivity index (χ2n) is 5.24. The lowest BCUT2D eigenvalue weighted by Crippen LogP contribution is -2.16. The van der Waals surface area contributed by atoms with Gasteiger partial charge in [-0.05, 0) is 58.8 Å². The number of anilines is 2. The molecule has 5 nitrogen and oxygen atoms in total. The summed E-state index contributed by atoms with van der Waals surface area (Å²) in [6.07, 6.45) is 4.49. The Morgan fingerprint density at radius 2 is 1.96 bits per heavy atom. The SMILES string of the molecule is O=C(/C=C/c1ccsc1)Nc1cc(F)ccc1NC(=O)c1ccccn1. The number of carbonyl (C=O) groups excluding carboxylic acids is 2. The average Bonchev–Trinajstić information content (AvgIpc) is 3.16. The Morgan fingerprint density at radius 3 is 2.69 bits per heavy atom. The number of hydrogen-bond acceptors (Lipinski definition) is 4. The van der Waals surface area contributed by atoms with Crippen molar-refractivity contribution in [1.29, 1.82) is 0 Å². The smallest absolute Gasteiger partial charge is 0.274 e. The summed E-state index contributed by atoms with van der Waals surface area (Å²) in [5.74, 6) is -1.42. The van der Waals surface area contributed by atoms with Crippen LogP contribution in [0.4, 0.5) is 15.8 Å². The molecule has 0 saturated heterocycles. The predicted octanol–water partition coefficient (Wildman–Crippen LogP) is 4.19. The Bertz CT molecular complexity index is 941. The first-order valence-corrected chi connectivity index (χ1v) is 8.59. The van der Waals surface area contributed by atoms with E-state index in [4.69, 9.17) is 0 Å². The Kier molecular flexibility index (Phi) is 5.50. The van der Waals surface area contributed by atoms with Gasteiger partial charge in [-0.15, -0.1) is 0 Å². The van der Waals surface area contributed by atoms with Crippen molar-refractivity contribution >= 4 is 40.6 Å². The molecule has 0 atom stereocenters. The third-order valence-corrected chi connectivity index (χ3v) is 4.06. The van der Waals surface area contributed by atoms with Crippen LogP contribution in [0.3, 0.4) is 0 Å². The van der Waals surface area contributed by atoms with Gasteiger partial charge in [-0.2, -0.15) is 11.3 Å². The van der Waals surface area contributed by atoms with Gasteiger partial charge in [0.15, 0.2) is 0 Å². The molecule has 3 aromatic rings. The molecule has 0 saturated carbocycles. The van der Waals surface area contributed by atoms with Gasteiger partial charge in [0.1, 0.15) is 11.5 Å². The maximum atomic E-state index is 13.6. The summed E-state index contributed by atoms with van der Waals surface area (Å²) in [6.45, 7) is 0. The van der Waals surface area contributed by atoms with Crippen molar-refractivity contribution in [2.45, 2.75) is 0 Å². The molecular formula is C19H14FN3O2S. The normalized spacial score (nSPS) is 10.7. The van der Waals surface area contributed by atoms with Crippen LogP contribution in [0.2, 0.25) is 0 Å². The highest BCUT2D eigenvalue weighted by atomic mass is 32.1. The van der Waals surface area contributed by atoms with E-state index in [9.17, 15) is 14.0 Å². The summed E-state index contributed by atoms with van der Waals surface area (Å²) in [4.78, 5) is 28.3. The second-order valence-corrected chi connectivity index (χ2v) is 6.02. The van der Waals surface area contributed by atoms with Gasteiger partial charge in [-0.3, -0.25) is 14.6 Å². The van der Waals surface area contributed by atoms with E-state index >= 15 is 0 Å². The van der Waals surface area contributed by atoms with E-state index < -0.39 is 17.6 Å². The zero-order chi connectivity index (χ0) is 18.4. The fraction of sp³-hybridized carbons (Fsp3) is 0. The van der Waals surface area contributed by atoms with E-state index in [1.807, 2.05) is 16.8 Å². The molecular weight excluding hydrogens is 353 g/mol. The van der Waals surface area contributed by atoms with E-state index in [2.05, 4.69) is 15.6 Å². The lowest BCUT2D eigenvalue weighted by Gasteiger charge is -2.11. The highest BCUT2D eigenvalue weighted by Crippen LogP contribution is 2.23. The fourth-order valence-corrected chi connectivity index (χ4v) is 2.76. The van der Waals surface area contributed by atoms with Gasteiger partial charge in [0.05, 0.1) is 11.4 Å². The highest BCUT2D eigenvalue weighted by molar-refractivity contribution is 7.08. The van der Waals surface area contributed by atoms with Gasteiger partial charge >= 0.3 is 0 Å². The lowest BCUT2D eigenvalue weighted by atomic mass is 10.2. The number of rotatable bonds is 5. The summed E-state index contributed by atoms with van der Waals surface area (Å²) < 4.78 is 13.6. The van der Waals surface area contributed by atoms with Crippen LogP contribution in [-0.4, -0.2) is 16.8 Å². The highest BCUT2D eigenvalue weighted by Gasteiger charge is 2.12. The van der Waals surface area contributed by atoms with Crippen molar-refractivity contribution in [2.24, 2.45) is 0 Å². The van der Waals surface area contributed by atoms with Gasteiger partial charge in [-0.1, -0.05) is 6.07 Å². The molecule has 0 aliphatic rings. The maximum Gasteiger partial charge on any atom is 0.274 e. The molecule has 1 aromatic carbocycles. The van der Waals surface area contributed by atoms with Crippen LogP contribution < -0.4 is 10.6 Å². The zero-order valence-corrected chi connectivity index (χ0v) is 14.3. The van der Waals surface area contributed by atoms with Crippen molar-refractivity contribution in [2.75, 3.05) is 10.6 Å². The van der Waals surface area contributed by atoms with Crippen LogP contribution in [0.25, 0.3) is 6.08 Å². The van der Waals surface area contributed by atoms with E-state index in [1.165, 1.54) is 35.7 Å². The third kappa shape index (κ3) is 4.61. The van der Waals surface area contributed by atoms with Crippen LogP contribution in [0.1, 0.15) is 16.1 Å². The molecule has 0 aliphatic carbocycles. The van der Waals surface area contributed by atoms with E-state index in [0.29, 0.717) is 0 Å². The summed E-state index contributed by atoms with van der Waals surface area (Å²) >= 11 is 1.52. The molecule has 2 amide bonds. The first-order valence-electron chi connectivity index (χ1n) is 7.65. The zero-order valence-electron chi connectivity index (χ0n) is 13.5. The van der Waals surface area contributed by atoms with Gasteiger partial charge < -0.3 is 10.6 Å². The molecule has 0 spiro atoms. The minimum Gasteiger partial charge on any atom is -0.321 e. The van der Waals surface area contributed by atoms with Gasteiger partial charge in [0.25, 0.3) is 5.91 Å². The number of thiophene rings is 1. The number of nitrogens with zero attached hydrogens (tertiary/aromatic N) is 1. The Hall–Kier alpha value is -3.32. The monoisotopic (exact) mass is 367 g/mol. The standard InChI is InChI=1S/C19H14FN3O2S/c20-14-5-6-15(23-19(25)16-3-1-2-9-21-16)17(11-14)22-18(24)7-4-13-8-10-26-12-13/h1-12H,(H,22,24)(H,23,25)/b7-4+. The molecule has 0 fully saturated rings. The van der Waals surface area contributed by atoms with E-state index in [0.717, 1.165) is 11.6 Å². The Labute approximate surface area is 153 Å². The molecule has 0 aliphatic heterocycles. The van der Waals surface area contributed by atoms with Crippen molar-refractivity contribution < 1.29 is 14.0 Å². The minimum atomic E-state index is -0.530. The van der Waals surface area contributed by atoms with Gasteiger partial charge in [0, 0.05) is 12.3 Å². The molecule has 26 heavy (non-hydrogen) atoms. The summed E-state index contributed by atoms with van der Waals surface area (Å²) in [5, 5.41) is 8.99. The van der Waals surface area contributed by atoms with Crippen LogP contribution >= 0.6 is 11.3 Å². The molecule has 2 N–H and O–H groups in total. The fourth-order valence-electron chi connectivity index (χ4n) is 2.13. The molecule has 3 rings (SSSR count). The lowest BCUT2D eigenvalue weighted by molar-refractivity contribution is -0.111. The van der Waals surface area contributed by atoms with Crippen LogP contribution in [0.5, 0.6) is 0 Å². The molecule has 0 radical (unpaired) electrons. The van der Waals surface area contributed by atoms with Gasteiger partial charge in [0.2, 0.25) is 5.91 Å². The largest absolute Gasteiger partial charge is 0.321 e. The average molecular weight is 367 g/mol. The van der Waals surface area contributed by atoms with Crippen LogP contribution in [-0.2, 0) is 4.79 Å². The molecule has 2 aromatic heterocycles. The van der Waals surface area contributed by atoms with E-state index in [-0.39, 0.29) is 17.1 Å². The number of halogens is 1. The molecule has 2 heterocycles. The Balaban J connectivity index is 1.75. The number of nitrogens with one attached hydrogen (secondary N) is 2. The van der Waals surface area contributed by atoms with Crippen molar-refractivity contribution in [3.05, 3.63) is 82.6 Å². The number of pyridine rings is 1. The predicted molar refractivity (Wildman–Crippen MR) is 101 cm³/mol. The summed E-state index contributed by atoms with van der Waals surface area (Å²) in [6, 6.07) is 10.5. The van der Waals surface area contributed by atoms with Crippen molar-refractivity contribution in [1.82, 2.24) is 4.98 Å². The first kappa shape index (κ1) is 17.5. The maximum absolute atomic E-state index is 13.6. The van der Waals surface area contributed by atoms with Crippen LogP contribution in [0, 0.1) is 5.82 Å². The molecule has 130 valence electrons. The van der Waals surface area contributed by atoms with Crippen molar-refractivity contribution in [3.8, 4) is 0 Å². The first-order chi connectivity index (χ1) is 12.6. The van der Waals surface area contributed by atoms with Gasteiger partial charge in [-0.25, -0.2) is 4.39 Å². The topological polar surface area (TPSA) is 71.1 Å². The number of amides is 2. The quantitative estimate of drug-likeness (QED) is 0.665. The Morgan fingerprint density at radius 1 is 1.08 bits per heavy atom. The van der Waals surface area contributed by atoms with E-state index in [1.54, 1.807) is 24.3 Å². The summed E-state index contributed by atoms with van der Waals surface area (Å²) in [5.41, 5.74) is 1.55. The molecule has 0 unspecified atom stereocenters. The second kappa shape index (κ2) is 8.17. The molecule has 0 bridgehead atoms. The number of hydrogen-bond donors (Lipinski definition) is 2. The summed E-state index contributed by atoms with van der Waals surface area (Å²) in [7, 11) is 0. The number of carbonyl (C=O) groups is 2. The number of aromatic nitrogens is 1.